The van der Waals surface area contributed by atoms with Crippen LogP contribution in [0.5, 0.6) is 5.75 Å². The van der Waals surface area contributed by atoms with Gasteiger partial charge in [0.2, 0.25) is 0 Å². The van der Waals surface area contributed by atoms with Crippen molar-refractivity contribution in [2.24, 2.45) is 7.05 Å². The summed E-state index contributed by atoms with van der Waals surface area (Å²) in [6.45, 7) is 0.651. The molecule has 0 atom stereocenters. The summed E-state index contributed by atoms with van der Waals surface area (Å²) in [6, 6.07) is 14.4. The minimum absolute atomic E-state index is 0.144. The third-order valence-corrected chi connectivity index (χ3v) is 4.42. The second-order valence-corrected chi connectivity index (χ2v) is 6.33. The van der Waals surface area contributed by atoms with Crippen molar-refractivity contribution in [2.45, 2.75) is 0 Å². The zero-order valence-corrected chi connectivity index (χ0v) is 15.3. The Kier molecular flexibility index (Phi) is 4.72. The second-order valence-electron chi connectivity index (χ2n) is 6.33. The summed E-state index contributed by atoms with van der Waals surface area (Å²) >= 11 is 0. The van der Waals surface area contributed by atoms with E-state index in [1.165, 1.54) is 10.9 Å². The Hall–Kier alpha value is -3.74. The van der Waals surface area contributed by atoms with Gasteiger partial charge >= 0.3 is 0 Å². The van der Waals surface area contributed by atoms with Crippen LogP contribution in [-0.2, 0) is 7.05 Å². The highest BCUT2D eigenvalue weighted by molar-refractivity contribution is 5.97. The molecule has 0 saturated carbocycles. The van der Waals surface area contributed by atoms with E-state index in [2.05, 4.69) is 15.3 Å². The Labute approximate surface area is 160 Å². The average Bonchev–Trinajstić information content (AvgIpc) is 2.73. The number of hydrogen-bond acceptors (Lipinski definition) is 5. The van der Waals surface area contributed by atoms with Crippen LogP contribution in [-0.4, -0.2) is 33.6 Å². The van der Waals surface area contributed by atoms with Gasteiger partial charge in [0, 0.05) is 24.2 Å². The maximum atomic E-state index is 12.4. The van der Waals surface area contributed by atoms with Crippen LogP contribution >= 0.6 is 0 Å². The zero-order chi connectivity index (χ0) is 19.5. The molecule has 7 nitrogen and oxygen atoms in total. The molecule has 2 aromatic heterocycles. The maximum Gasteiger partial charge on any atom is 0.260 e. The van der Waals surface area contributed by atoms with Crippen molar-refractivity contribution in [1.82, 2.24) is 19.9 Å². The predicted molar refractivity (Wildman–Crippen MR) is 107 cm³/mol. The lowest BCUT2D eigenvalue weighted by Crippen LogP contribution is -2.28. The van der Waals surface area contributed by atoms with Crippen molar-refractivity contribution < 1.29 is 9.53 Å². The van der Waals surface area contributed by atoms with Gasteiger partial charge in [0.25, 0.3) is 11.5 Å². The van der Waals surface area contributed by atoms with Crippen molar-refractivity contribution in [3.05, 3.63) is 77.0 Å². The van der Waals surface area contributed by atoms with E-state index in [0.29, 0.717) is 35.4 Å². The monoisotopic (exact) mass is 374 g/mol. The first-order valence-electron chi connectivity index (χ1n) is 8.83. The number of benzene rings is 2. The molecule has 2 aromatic carbocycles. The smallest absolute Gasteiger partial charge is 0.260 e. The fourth-order valence-corrected chi connectivity index (χ4v) is 2.97. The van der Waals surface area contributed by atoms with Crippen molar-refractivity contribution in [1.29, 1.82) is 0 Å². The van der Waals surface area contributed by atoms with Crippen LogP contribution < -0.4 is 15.6 Å². The summed E-state index contributed by atoms with van der Waals surface area (Å²) < 4.78 is 7.18. The van der Waals surface area contributed by atoms with E-state index in [9.17, 15) is 9.59 Å². The van der Waals surface area contributed by atoms with Crippen LogP contribution in [0.3, 0.4) is 0 Å². The number of nitrogens with one attached hydrogen (secondary N) is 1. The molecule has 0 spiro atoms. The summed E-state index contributed by atoms with van der Waals surface area (Å²) in [7, 11) is 1.64. The average molecular weight is 374 g/mol. The summed E-state index contributed by atoms with van der Waals surface area (Å²) in [6.07, 6.45) is 3.16. The van der Waals surface area contributed by atoms with Crippen molar-refractivity contribution in [3.63, 3.8) is 0 Å². The standard InChI is InChI=1S/C21H18N4O3/c1-25-13-24-17-12-15(7-8-16(17)21(25)27)20(26)23-10-11-28-18-6-2-4-14-5-3-9-22-19(14)18/h2-9,12-13H,10-11H2,1H3,(H,23,26). The lowest BCUT2D eigenvalue weighted by atomic mass is 10.1. The number of para-hydroxylation sites is 1. The van der Waals surface area contributed by atoms with Crippen LogP contribution in [0.15, 0.2) is 65.8 Å². The van der Waals surface area contributed by atoms with Crippen molar-refractivity contribution >= 4 is 27.7 Å². The van der Waals surface area contributed by atoms with Crippen molar-refractivity contribution in [2.75, 3.05) is 13.2 Å². The van der Waals surface area contributed by atoms with Gasteiger partial charge in [0.05, 0.1) is 23.8 Å². The molecule has 1 amide bonds. The highest BCUT2D eigenvalue weighted by Crippen LogP contribution is 2.22. The van der Waals surface area contributed by atoms with Gasteiger partial charge in [-0.1, -0.05) is 18.2 Å². The molecule has 0 aliphatic rings. The van der Waals surface area contributed by atoms with E-state index in [-0.39, 0.29) is 11.5 Å². The molecule has 28 heavy (non-hydrogen) atoms. The fourth-order valence-electron chi connectivity index (χ4n) is 2.97. The molecule has 0 aliphatic heterocycles. The number of nitrogens with zero attached hydrogens (tertiary/aromatic N) is 3. The summed E-state index contributed by atoms with van der Waals surface area (Å²) in [5.74, 6) is 0.433. The van der Waals surface area contributed by atoms with Gasteiger partial charge in [-0.05, 0) is 30.3 Å². The minimum atomic E-state index is -0.246. The van der Waals surface area contributed by atoms with E-state index < -0.39 is 0 Å². The van der Waals surface area contributed by atoms with E-state index in [0.717, 1.165) is 10.9 Å². The van der Waals surface area contributed by atoms with Gasteiger partial charge in [-0.2, -0.15) is 0 Å². The van der Waals surface area contributed by atoms with Crippen molar-refractivity contribution in [3.8, 4) is 5.75 Å². The number of hydrogen-bond donors (Lipinski definition) is 1. The third-order valence-electron chi connectivity index (χ3n) is 4.42. The molecule has 2 heterocycles. The number of aromatic nitrogens is 3. The number of ether oxygens (including phenoxy) is 1. The Morgan fingerprint density at radius 2 is 2.00 bits per heavy atom. The first kappa shape index (κ1) is 17.7. The highest BCUT2D eigenvalue weighted by Gasteiger charge is 2.09. The van der Waals surface area contributed by atoms with Gasteiger partial charge in [0.1, 0.15) is 17.9 Å². The van der Waals surface area contributed by atoms with Crippen LogP contribution in [0.1, 0.15) is 10.4 Å². The minimum Gasteiger partial charge on any atom is -0.489 e. The Bertz CT molecular complexity index is 1230. The lowest BCUT2D eigenvalue weighted by molar-refractivity contribution is 0.0947. The molecule has 0 unspecified atom stereocenters. The van der Waals surface area contributed by atoms with Gasteiger partial charge in [0.15, 0.2) is 0 Å². The molecule has 4 aromatic rings. The third kappa shape index (κ3) is 3.42. The number of carbonyl (C=O) groups is 1. The van der Waals surface area contributed by atoms with Gasteiger partial charge in [-0.15, -0.1) is 0 Å². The molecule has 0 bridgehead atoms. The number of pyridine rings is 1. The molecular formula is C21H18N4O3. The van der Waals surface area contributed by atoms with E-state index in [4.69, 9.17) is 4.74 Å². The summed E-state index contributed by atoms with van der Waals surface area (Å²) in [4.78, 5) is 33.0. The normalized spacial score (nSPS) is 10.9. The Morgan fingerprint density at radius 1 is 1.14 bits per heavy atom. The fraction of sp³-hybridized carbons (Fsp3) is 0.143. The van der Waals surface area contributed by atoms with Gasteiger partial charge in [-0.3, -0.25) is 14.6 Å². The number of amides is 1. The number of carbonyl (C=O) groups excluding carboxylic acids is 1. The topological polar surface area (TPSA) is 86.1 Å². The maximum absolute atomic E-state index is 12.4. The molecule has 1 N–H and O–H groups in total. The number of aryl methyl sites for hydroxylation is 1. The number of rotatable bonds is 5. The Morgan fingerprint density at radius 3 is 2.89 bits per heavy atom. The Balaban J connectivity index is 1.40. The largest absolute Gasteiger partial charge is 0.489 e. The highest BCUT2D eigenvalue weighted by atomic mass is 16.5. The second kappa shape index (κ2) is 7.48. The molecule has 0 aliphatic carbocycles. The molecule has 7 heteroatoms. The van der Waals surface area contributed by atoms with E-state index >= 15 is 0 Å². The lowest BCUT2D eigenvalue weighted by Gasteiger charge is -2.10. The van der Waals surface area contributed by atoms with Crippen LogP contribution in [0.2, 0.25) is 0 Å². The van der Waals surface area contributed by atoms with Gasteiger partial charge < -0.3 is 14.6 Å². The zero-order valence-electron chi connectivity index (χ0n) is 15.3. The molecular weight excluding hydrogens is 356 g/mol. The summed E-state index contributed by atoms with van der Waals surface area (Å²) in [5.41, 5.74) is 1.58. The van der Waals surface area contributed by atoms with E-state index in [1.807, 2.05) is 30.3 Å². The number of fused-ring (bicyclic) bond motifs is 2. The van der Waals surface area contributed by atoms with Gasteiger partial charge in [-0.25, -0.2) is 4.98 Å². The molecule has 0 saturated heterocycles. The molecule has 4 rings (SSSR count). The first-order valence-corrected chi connectivity index (χ1v) is 8.83. The predicted octanol–water partition coefficient (Wildman–Crippen LogP) is 2.29. The van der Waals surface area contributed by atoms with E-state index in [1.54, 1.807) is 31.4 Å². The van der Waals surface area contributed by atoms with Crippen LogP contribution in [0, 0.1) is 0 Å². The van der Waals surface area contributed by atoms with Crippen LogP contribution in [0.4, 0.5) is 0 Å². The molecule has 0 radical (unpaired) electrons. The first-order chi connectivity index (χ1) is 13.6. The molecule has 0 fully saturated rings. The summed E-state index contributed by atoms with van der Waals surface area (Å²) in [5, 5.41) is 4.29. The quantitative estimate of drug-likeness (QED) is 0.542. The molecule has 140 valence electrons. The van der Waals surface area contributed by atoms with Crippen LogP contribution in [0.25, 0.3) is 21.8 Å². The SMILES string of the molecule is Cn1cnc2cc(C(=O)NCCOc3cccc4cccnc34)ccc2c1=O.